The van der Waals surface area contributed by atoms with E-state index in [1.165, 1.54) is 18.4 Å². The molecule has 2 aromatic rings. The molecule has 0 saturated carbocycles. The fourth-order valence-electron chi connectivity index (χ4n) is 2.79. The quantitative estimate of drug-likeness (QED) is 0.929. The molecule has 1 fully saturated rings. The maximum atomic E-state index is 4.24. The first kappa shape index (κ1) is 13.9. The third-order valence-corrected chi connectivity index (χ3v) is 3.86. The summed E-state index contributed by atoms with van der Waals surface area (Å²) in [5.41, 5.74) is 2.36. The largest absolute Gasteiger partial charge is 0.354 e. The predicted molar refractivity (Wildman–Crippen MR) is 83.1 cm³/mol. The summed E-state index contributed by atoms with van der Waals surface area (Å²) in [6.45, 7) is 4.97. The molecule has 1 saturated heterocycles. The second-order valence-corrected chi connectivity index (χ2v) is 5.55. The van der Waals surface area contributed by atoms with Crippen LogP contribution in [0.4, 0.5) is 5.82 Å². The number of aryl methyl sites for hydroxylation is 1. The maximum absolute atomic E-state index is 4.24. The Labute approximate surface area is 125 Å². The van der Waals surface area contributed by atoms with Crippen molar-refractivity contribution in [2.75, 3.05) is 18.0 Å². The summed E-state index contributed by atoms with van der Waals surface area (Å²) in [6, 6.07) is 8.68. The molecule has 3 heterocycles. The molecule has 0 spiro atoms. The van der Waals surface area contributed by atoms with E-state index in [1.807, 2.05) is 25.3 Å². The van der Waals surface area contributed by atoms with E-state index >= 15 is 0 Å². The first-order valence-electron chi connectivity index (χ1n) is 7.49. The molecule has 5 nitrogen and oxygen atoms in total. The van der Waals surface area contributed by atoms with Crippen LogP contribution >= 0.6 is 0 Å². The van der Waals surface area contributed by atoms with Gasteiger partial charge >= 0.3 is 0 Å². The zero-order valence-electron chi connectivity index (χ0n) is 12.4. The summed E-state index contributed by atoms with van der Waals surface area (Å²) in [5.74, 6) is 0.976. The minimum Gasteiger partial charge on any atom is -0.354 e. The zero-order chi connectivity index (χ0) is 14.5. The van der Waals surface area contributed by atoms with Gasteiger partial charge in [0, 0.05) is 43.8 Å². The fraction of sp³-hybridized carbons (Fsp3) is 0.438. The summed E-state index contributed by atoms with van der Waals surface area (Å²) in [6.07, 6.45) is 5.98. The Bertz CT molecular complexity index is 572. The molecular weight excluding hydrogens is 262 g/mol. The summed E-state index contributed by atoms with van der Waals surface area (Å²) in [5, 5.41) is 11.8. The van der Waals surface area contributed by atoms with E-state index in [2.05, 4.69) is 37.5 Å². The van der Waals surface area contributed by atoms with Gasteiger partial charge in [0.2, 0.25) is 0 Å². The third kappa shape index (κ3) is 3.76. The molecule has 1 aliphatic rings. The summed E-state index contributed by atoms with van der Waals surface area (Å²) < 4.78 is 0. The lowest BCUT2D eigenvalue weighted by atomic mass is 10.1. The predicted octanol–water partition coefficient (Wildman–Crippen LogP) is 1.94. The van der Waals surface area contributed by atoms with Crippen molar-refractivity contribution in [3.05, 3.63) is 47.9 Å². The Morgan fingerprint density at radius 3 is 3.10 bits per heavy atom. The summed E-state index contributed by atoms with van der Waals surface area (Å²) in [4.78, 5) is 6.55. The Morgan fingerprint density at radius 2 is 2.29 bits per heavy atom. The van der Waals surface area contributed by atoms with Crippen molar-refractivity contribution >= 4 is 5.82 Å². The highest BCUT2D eigenvalue weighted by Gasteiger charge is 2.20. The number of aromatic nitrogens is 3. The van der Waals surface area contributed by atoms with Crippen molar-refractivity contribution in [1.82, 2.24) is 20.5 Å². The van der Waals surface area contributed by atoms with Gasteiger partial charge in [-0.15, -0.1) is 5.10 Å². The molecule has 3 rings (SSSR count). The molecule has 5 heteroatoms. The van der Waals surface area contributed by atoms with E-state index in [9.17, 15) is 0 Å². The molecule has 0 unspecified atom stereocenters. The Morgan fingerprint density at radius 1 is 1.33 bits per heavy atom. The molecule has 0 amide bonds. The van der Waals surface area contributed by atoms with Crippen molar-refractivity contribution in [3.8, 4) is 0 Å². The van der Waals surface area contributed by atoms with Gasteiger partial charge in [-0.1, -0.05) is 0 Å². The van der Waals surface area contributed by atoms with Crippen LogP contribution < -0.4 is 10.2 Å². The second-order valence-electron chi connectivity index (χ2n) is 5.55. The van der Waals surface area contributed by atoms with Crippen molar-refractivity contribution < 1.29 is 0 Å². The minimum atomic E-state index is 0.495. The SMILES string of the molecule is Cc1cc(CN[C@H]2CCCN(c3cccnn3)C2)ccn1. The number of hydrogen-bond donors (Lipinski definition) is 1. The molecule has 0 aliphatic carbocycles. The van der Waals surface area contributed by atoms with E-state index in [0.717, 1.165) is 31.1 Å². The van der Waals surface area contributed by atoms with Gasteiger partial charge < -0.3 is 10.2 Å². The maximum Gasteiger partial charge on any atom is 0.151 e. The number of piperidine rings is 1. The second kappa shape index (κ2) is 6.63. The molecule has 1 aliphatic heterocycles. The van der Waals surface area contributed by atoms with Crippen molar-refractivity contribution in [2.45, 2.75) is 32.4 Å². The van der Waals surface area contributed by atoms with Crippen molar-refractivity contribution in [2.24, 2.45) is 0 Å². The van der Waals surface area contributed by atoms with Gasteiger partial charge in [-0.2, -0.15) is 5.10 Å². The first-order valence-corrected chi connectivity index (χ1v) is 7.49. The molecule has 1 atom stereocenters. The topological polar surface area (TPSA) is 53.9 Å². The lowest BCUT2D eigenvalue weighted by Gasteiger charge is -2.33. The van der Waals surface area contributed by atoms with Crippen LogP contribution in [0.3, 0.4) is 0 Å². The molecule has 0 radical (unpaired) electrons. The fourth-order valence-corrected chi connectivity index (χ4v) is 2.79. The average molecular weight is 283 g/mol. The highest BCUT2D eigenvalue weighted by atomic mass is 15.3. The minimum absolute atomic E-state index is 0.495. The number of nitrogens with one attached hydrogen (secondary N) is 1. The molecule has 2 aromatic heterocycles. The lowest BCUT2D eigenvalue weighted by Crippen LogP contribution is -2.45. The first-order chi connectivity index (χ1) is 10.3. The standard InChI is InChI=1S/C16H21N5/c1-13-10-14(6-8-17-13)11-18-15-4-3-9-21(12-15)16-5-2-7-19-20-16/h2,5-8,10,15,18H,3-4,9,11-12H2,1H3/t15-/m0/s1. The van der Waals surface area contributed by atoms with Gasteiger partial charge in [-0.05, 0) is 49.6 Å². The number of pyridine rings is 1. The Balaban J connectivity index is 1.57. The third-order valence-electron chi connectivity index (χ3n) is 3.86. The van der Waals surface area contributed by atoms with E-state index in [-0.39, 0.29) is 0 Å². The van der Waals surface area contributed by atoms with Crippen molar-refractivity contribution in [3.63, 3.8) is 0 Å². The number of anilines is 1. The van der Waals surface area contributed by atoms with Gasteiger partial charge in [0.1, 0.15) is 0 Å². The van der Waals surface area contributed by atoms with Crippen LogP contribution in [0.25, 0.3) is 0 Å². The van der Waals surface area contributed by atoms with Crippen LogP contribution in [-0.4, -0.2) is 34.3 Å². The molecular formula is C16H21N5. The number of nitrogens with zero attached hydrogens (tertiary/aromatic N) is 4. The Kier molecular flexibility index (Phi) is 4.40. The lowest BCUT2D eigenvalue weighted by molar-refractivity contribution is 0.419. The van der Waals surface area contributed by atoms with Crippen LogP contribution in [0.15, 0.2) is 36.7 Å². The molecule has 110 valence electrons. The molecule has 0 bridgehead atoms. The van der Waals surface area contributed by atoms with Crippen LogP contribution in [0.2, 0.25) is 0 Å². The average Bonchev–Trinajstić information content (AvgIpc) is 2.54. The van der Waals surface area contributed by atoms with Crippen molar-refractivity contribution in [1.29, 1.82) is 0 Å². The van der Waals surface area contributed by atoms with E-state index in [1.54, 1.807) is 6.20 Å². The number of hydrogen-bond acceptors (Lipinski definition) is 5. The molecule has 1 N–H and O–H groups in total. The molecule has 21 heavy (non-hydrogen) atoms. The smallest absolute Gasteiger partial charge is 0.151 e. The normalized spacial score (nSPS) is 18.7. The van der Waals surface area contributed by atoms with E-state index in [0.29, 0.717) is 6.04 Å². The van der Waals surface area contributed by atoms with Gasteiger partial charge in [-0.25, -0.2) is 0 Å². The van der Waals surface area contributed by atoms with Crippen LogP contribution in [0, 0.1) is 6.92 Å². The highest BCUT2D eigenvalue weighted by Crippen LogP contribution is 2.17. The van der Waals surface area contributed by atoms with Gasteiger partial charge in [0.05, 0.1) is 0 Å². The van der Waals surface area contributed by atoms with Gasteiger partial charge in [0.25, 0.3) is 0 Å². The summed E-state index contributed by atoms with van der Waals surface area (Å²) >= 11 is 0. The summed E-state index contributed by atoms with van der Waals surface area (Å²) in [7, 11) is 0. The van der Waals surface area contributed by atoms with Crippen LogP contribution in [0.1, 0.15) is 24.1 Å². The zero-order valence-corrected chi connectivity index (χ0v) is 12.4. The van der Waals surface area contributed by atoms with Gasteiger partial charge in [-0.3, -0.25) is 4.98 Å². The van der Waals surface area contributed by atoms with E-state index < -0.39 is 0 Å². The van der Waals surface area contributed by atoms with Gasteiger partial charge in [0.15, 0.2) is 5.82 Å². The van der Waals surface area contributed by atoms with Crippen LogP contribution in [0.5, 0.6) is 0 Å². The van der Waals surface area contributed by atoms with E-state index in [4.69, 9.17) is 0 Å². The van der Waals surface area contributed by atoms with Crippen LogP contribution in [-0.2, 0) is 6.54 Å². The molecule has 0 aromatic carbocycles. The number of rotatable bonds is 4. The Hall–Kier alpha value is -2.01. The highest BCUT2D eigenvalue weighted by molar-refractivity contribution is 5.37. The monoisotopic (exact) mass is 283 g/mol.